The van der Waals surface area contributed by atoms with Gasteiger partial charge in [-0.25, -0.2) is 0 Å². The second-order valence-corrected chi connectivity index (χ2v) is 4.13. The van der Waals surface area contributed by atoms with Gasteiger partial charge in [0.15, 0.2) is 0 Å². The molecule has 1 aromatic carbocycles. The van der Waals surface area contributed by atoms with Crippen molar-refractivity contribution in [3.8, 4) is 11.5 Å². The second-order valence-electron chi connectivity index (χ2n) is 4.13. The minimum Gasteiger partial charge on any atom is -0.398 e. The van der Waals surface area contributed by atoms with Crippen LogP contribution in [0.5, 0.6) is 0 Å². The number of aromatic nitrogens is 2. The van der Waals surface area contributed by atoms with Crippen molar-refractivity contribution in [2.75, 3.05) is 12.3 Å². The molecule has 0 aliphatic heterocycles. The van der Waals surface area contributed by atoms with Crippen molar-refractivity contribution in [2.24, 2.45) is 0 Å². The summed E-state index contributed by atoms with van der Waals surface area (Å²) in [5, 5.41) is 3.91. The molecule has 0 aliphatic rings. The van der Waals surface area contributed by atoms with Gasteiger partial charge in [0.2, 0.25) is 5.82 Å². The molecule has 0 saturated heterocycles. The van der Waals surface area contributed by atoms with Crippen LogP contribution in [-0.4, -0.2) is 16.7 Å². The molecule has 2 rings (SSSR count). The topological polar surface area (TPSA) is 74.2 Å². The van der Waals surface area contributed by atoms with Crippen molar-refractivity contribution in [3.63, 3.8) is 0 Å². The minimum absolute atomic E-state index is 0.171. The predicted molar refractivity (Wildman–Crippen MR) is 68.9 cm³/mol. The number of hydrogen-bond acceptors (Lipinski definition) is 5. The van der Waals surface area contributed by atoms with Gasteiger partial charge >= 0.3 is 0 Å². The van der Waals surface area contributed by atoms with Gasteiger partial charge in [0, 0.05) is 17.9 Å². The second kappa shape index (κ2) is 5.18. The van der Waals surface area contributed by atoms with Gasteiger partial charge in [0.05, 0.1) is 0 Å². The quantitative estimate of drug-likeness (QED) is 0.841. The zero-order valence-corrected chi connectivity index (χ0v) is 10.8. The molecule has 0 amide bonds. The molecular formula is C13H17N3O2. The average molecular weight is 247 g/mol. The summed E-state index contributed by atoms with van der Waals surface area (Å²) in [5.41, 5.74) is 8.42. The van der Waals surface area contributed by atoms with E-state index in [0.29, 0.717) is 24.0 Å². The Kier molecular flexibility index (Phi) is 3.62. The number of nitrogen functional groups attached to an aromatic ring is 1. The predicted octanol–water partition coefficient (Wildman–Crippen LogP) is 2.72. The summed E-state index contributed by atoms with van der Waals surface area (Å²) in [4.78, 5) is 4.31. The van der Waals surface area contributed by atoms with Gasteiger partial charge in [0.25, 0.3) is 5.89 Å². The van der Waals surface area contributed by atoms with Crippen molar-refractivity contribution in [2.45, 2.75) is 26.9 Å². The maximum absolute atomic E-state index is 5.86. The SMILES string of the molecule is CCOC(C)c1noc(-c2ccc(C)c(N)c2)n1. The lowest BCUT2D eigenvalue weighted by Gasteiger charge is -2.04. The lowest BCUT2D eigenvalue weighted by atomic mass is 10.1. The van der Waals surface area contributed by atoms with E-state index in [2.05, 4.69) is 10.1 Å². The fraction of sp³-hybridized carbons (Fsp3) is 0.385. The van der Waals surface area contributed by atoms with Crippen LogP contribution in [0.4, 0.5) is 5.69 Å². The molecular weight excluding hydrogens is 230 g/mol. The van der Waals surface area contributed by atoms with Crippen LogP contribution in [0, 0.1) is 6.92 Å². The normalized spacial score (nSPS) is 12.6. The van der Waals surface area contributed by atoms with E-state index < -0.39 is 0 Å². The third kappa shape index (κ3) is 2.51. The van der Waals surface area contributed by atoms with Crippen LogP contribution < -0.4 is 5.73 Å². The van der Waals surface area contributed by atoms with Crippen LogP contribution in [0.1, 0.15) is 31.3 Å². The molecule has 5 nitrogen and oxygen atoms in total. The van der Waals surface area contributed by atoms with Crippen molar-refractivity contribution in [1.82, 2.24) is 10.1 Å². The Labute approximate surface area is 106 Å². The summed E-state index contributed by atoms with van der Waals surface area (Å²) in [6, 6.07) is 5.67. The lowest BCUT2D eigenvalue weighted by molar-refractivity contribution is 0.0683. The third-order valence-corrected chi connectivity index (χ3v) is 2.75. The first kappa shape index (κ1) is 12.6. The number of ether oxygens (including phenoxy) is 1. The summed E-state index contributed by atoms with van der Waals surface area (Å²) < 4.78 is 10.6. The van der Waals surface area contributed by atoms with Crippen LogP contribution in [0.15, 0.2) is 22.7 Å². The van der Waals surface area contributed by atoms with Gasteiger partial charge in [-0.2, -0.15) is 4.98 Å². The molecule has 0 fully saturated rings. The molecule has 1 heterocycles. The fourth-order valence-corrected chi connectivity index (χ4v) is 1.62. The fourth-order valence-electron chi connectivity index (χ4n) is 1.62. The zero-order chi connectivity index (χ0) is 13.1. The summed E-state index contributed by atoms with van der Waals surface area (Å²) >= 11 is 0. The third-order valence-electron chi connectivity index (χ3n) is 2.75. The van der Waals surface area contributed by atoms with Crippen LogP contribution in [0.25, 0.3) is 11.5 Å². The van der Waals surface area contributed by atoms with Crippen LogP contribution in [-0.2, 0) is 4.74 Å². The van der Waals surface area contributed by atoms with E-state index in [-0.39, 0.29) is 6.10 Å². The molecule has 0 aliphatic carbocycles. The van der Waals surface area contributed by atoms with Crippen LogP contribution in [0.2, 0.25) is 0 Å². The Morgan fingerprint density at radius 1 is 1.44 bits per heavy atom. The number of aryl methyl sites for hydroxylation is 1. The smallest absolute Gasteiger partial charge is 0.258 e. The maximum atomic E-state index is 5.86. The zero-order valence-electron chi connectivity index (χ0n) is 10.8. The van der Waals surface area contributed by atoms with Crippen molar-refractivity contribution >= 4 is 5.69 Å². The highest BCUT2D eigenvalue weighted by Gasteiger charge is 2.15. The molecule has 1 atom stereocenters. The number of nitrogens with zero attached hydrogens (tertiary/aromatic N) is 2. The van der Waals surface area contributed by atoms with Crippen LogP contribution in [0.3, 0.4) is 0 Å². The number of benzene rings is 1. The largest absolute Gasteiger partial charge is 0.398 e. The molecule has 1 unspecified atom stereocenters. The van der Waals surface area contributed by atoms with Gasteiger partial charge in [-0.1, -0.05) is 11.2 Å². The van der Waals surface area contributed by atoms with E-state index in [1.54, 1.807) is 0 Å². The molecule has 5 heteroatoms. The lowest BCUT2D eigenvalue weighted by Crippen LogP contribution is -2.01. The highest BCUT2D eigenvalue weighted by atomic mass is 16.5. The summed E-state index contributed by atoms with van der Waals surface area (Å²) in [6.45, 7) is 6.39. The highest BCUT2D eigenvalue weighted by molar-refractivity contribution is 5.62. The first-order valence-corrected chi connectivity index (χ1v) is 5.93. The molecule has 2 N–H and O–H groups in total. The van der Waals surface area contributed by atoms with Gasteiger partial charge in [-0.3, -0.25) is 0 Å². The van der Waals surface area contributed by atoms with E-state index in [1.165, 1.54) is 0 Å². The molecule has 0 saturated carbocycles. The van der Waals surface area contributed by atoms with Crippen molar-refractivity contribution in [1.29, 1.82) is 0 Å². The minimum atomic E-state index is -0.171. The van der Waals surface area contributed by atoms with E-state index in [4.69, 9.17) is 15.0 Å². The number of hydrogen-bond donors (Lipinski definition) is 1. The molecule has 18 heavy (non-hydrogen) atoms. The average Bonchev–Trinajstić information content (AvgIpc) is 2.82. The van der Waals surface area contributed by atoms with E-state index >= 15 is 0 Å². The van der Waals surface area contributed by atoms with E-state index in [9.17, 15) is 0 Å². The summed E-state index contributed by atoms with van der Waals surface area (Å²) in [6.07, 6.45) is -0.171. The molecule has 0 radical (unpaired) electrons. The monoisotopic (exact) mass is 247 g/mol. The van der Waals surface area contributed by atoms with E-state index in [1.807, 2.05) is 39.0 Å². The highest BCUT2D eigenvalue weighted by Crippen LogP contribution is 2.24. The van der Waals surface area contributed by atoms with Gasteiger partial charge in [0.1, 0.15) is 6.10 Å². The molecule has 96 valence electrons. The van der Waals surface area contributed by atoms with Gasteiger partial charge in [-0.05, 0) is 38.5 Å². The summed E-state index contributed by atoms with van der Waals surface area (Å²) in [7, 11) is 0. The first-order chi connectivity index (χ1) is 8.61. The molecule has 1 aromatic heterocycles. The molecule has 0 bridgehead atoms. The maximum Gasteiger partial charge on any atom is 0.258 e. The Bertz CT molecular complexity index is 537. The number of nitrogens with two attached hydrogens (primary N) is 1. The van der Waals surface area contributed by atoms with Crippen molar-refractivity contribution in [3.05, 3.63) is 29.6 Å². The van der Waals surface area contributed by atoms with Gasteiger partial charge < -0.3 is 15.0 Å². The molecule has 2 aromatic rings. The van der Waals surface area contributed by atoms with E-state index in [0.717, 1.165) is 11.1 Å². The van der Waals surface area contributed by atoms with Crippen molar-refractivity contribution < 1.29 is 9.26 Å². The first-order valence-electron chi connectivity index (χ1n) is 5.93. The standard InChI is InChI=1S/C13H17N3O2/c1-4-17-9(3)12-15-13(18-16-12)10-6-5-8(2)11(14)7-10/h5-7,9H,4,14H2,1-3H3. The van der Waals surface area contributed by atoms with Crippen LogP contribution >= 0.6 is 0 Å². The molecule has 0 spiro atoms. The number of rotatable bonds is 4. The Balaban J connectivity index is 2.26. The Morgan fingerprint density at radius 2 is 2.22 bits per heavy atom. The van der Waals surface area contributed by atoms with Gasteiger partial charge in [-0.15, -0.1) is 0 Å². The Hall–Kier alpha value is -1.88. The Morgan fingerprint density at radius 3 is 2.89 bits per heavy atom. The summed E-state index contributed by atoms with van der Waals surface area (Å²) in [5.74, 6) is 1.01. The number of anilines is 1.